The van der Waals surface area contributed by atoms with Crippen LogP contribution in [0.15, 0.2) is 35.8 Å². The van der Waals surface area contributed by atoms with Gasteiger partial charge in [-0.1, -0.05) is 6.07 Å². The Morgan fingerprint density at radius 1 is 1.33 bits per heavy atom. The standard InChI is InChI=1S/C15H18N4OS/c20-15(10-13-2-1-9-21-13)18-14-4-3-12(11-17-14)19-7-5-16-6-8-19/h1-4,9,11,16H,5-8,10H2,(H,17,18,20). The Labute approximate surface area is 128 Å². The number of hydrogen-bond acceptors (Lipinski definition) is 5. The summed E-state index contributed by atoms with van der Waals surface area (Å²) in [7, 11) is 0. The molecule has 5 nitrogen and oxygen atoms in total. The number of carbonyl (C=O) groups is 1. The van der Waals surface area contributed by atoms with Crippen LogP contribution in [-0.4, -0.2) is 37.1 Å². The van der Waals surface area contributed by atoms with Crippen molar-refractivity contribution in [2.45, 2.75) is 6.42 Å². The van der Waals surface area contributed by atoms with Crippen LogP contribution in [0.2, 0.25) is 0 Å². The highest BCUT2D eigenvalue weighted by molar-refractivity contribution is 7.10. The van der Waals surface area contributed by atoms with E-state index in [9.17, 15) is 4.79 Å². The molecule has 0 unspecified atom stereocenters. The quantitative estimate of drug-likeness (QED) is 0.903. The molecule has 0 saturated carbocycles. The van der Waals surface area contributed by atoms with Crippen LogP contribution in [0.4, 0.5) is 11.5 Å². The van der Waals surface area contributed by atoms with E-state index in [1.165, 1.54) is 0 Å². The lowest BCUT2D eigenvalue weighted by Crippen LogP contribution is -2.43. The van der Waals surface area contributed by atoms with E-state index in [0.717, 1.165) is 36.7 Å². The van der Waals surface area contributed by atoms with Crippen molar-refractivity contribution in [1.82, 2.24) is 10.3 Å². The molecule has 3 rings (SSSR count). The Morgan fingerprint density at radius 2 is 2.19 bits per heavy atom. The van der Waals surface area contributed by atoms with Crippen LogP contribution < -0.4 is 15.5 Å². The average Bonchev–Trinajstić information content (AvgIpc) is 3.02. The molecule has 0 aromatic carbocycles. The summed E-state index contributed by atoms with van der Waals surface area (Å²) in [6, 6.07) is 7.79. The molecule has 1 saturated heterocycles. The zero-order valence-electron chi connectivity index (χ0n) is 11.7. The number of amides is 1. The summed E-state index contributed by atoms with van der Waals surface area (Å²) in [4.78, 5) is 19.6. The molecule has 1 fully saturated rings. The lowest BCUT2D eigenvalue weighted by atomic mass is 10.3. The number of anilines is 2. The van der Waals surface area contributed by atoms with Gasteiger partial charge >= 0.3 is 0 Å². The smallest absolute Gasteiger partial charge is 0.230 e. The average molecular weight is 302 g/mol. The lowest BCUT2D eigenvalue weighted by Gasteiger charge is -2.29. The Morgan fingerprint density at radius 3 is 2.86 bits per heavy atom. The zero-order chi connectivity index (χ0) is 14.5. The van der Waals surface area contributed by atoms with Crippen molar-refractivity contribution >= 4 is 28.7 Å². The van der Waals surface area contributed by atoms with Gasteiger partial charge in [0, 0.05) is 31.1 Å². The summed E-state index contributed by atoms with van der Waals surface area (Å²) in [5.74, 6) is 0.579. The van der Waals surface area contributed by atoms with E-state index in [0.29, 0.717) is 12.2 Å². The van der Waals surface area contributed by atoms with Gasteiger partial charge in [-0.25, -0.2) is 4.98 Å². The van der Waals surface area contributed by atoms with Gasteiger partial charge in [-0.3, -0.25) is 4.79 Å². The molecule has 2 aromatic rings. The molecule has 3 heterocycles. The second-order valence-electron chi connectivity index (χ2n) is 4.94. The predicted molar refractivity (Wildman–Crippen MR) is 86.0 cm³/mol. The minimum Gasteiger partial charge on any atom is -0.368 e. The topological polar surface area (TPSA) is 57.3 Å². The third kappa shape index (κ3) is 3.80. The molecule has 0 bridgehead atoms. The molecule has 0 radical (unpaired) electrons. The van der Waals surface area contributed by atoms with Gasteiger partial charge in [-0.15, -0.1) is 11.3 Å². The molecule has 6 heteroatoms. The second kappa shape index (κ2) is 6.69. The van der Waals surface area contributed by atoms with Crippen molar-refractivity contribution in [1.29, 1.82) is 0 Å². The highest BCUT2D eigenvalue weighted by Gasteiger charge is 2.11. The van der Waals surface area contributed by atoms with Crippen LogP contribution >= 0.6 is 11.3 Å². The number of carbonyl (C=O) groups excluding carboxylic acids is 1. The molecule has 1 amide bonds. The van der Waals surface area contributed by atoms with Gasteiger partial charge in [0.15, 0.2) is 0 Å². The van der Waals surface area contributed by atoms with Crippen LogP contribution in [0.1, 0.15) is 4.88 Å². The number of piperazine rings is 1. The first kappa shape index (κ1) is 14.0. The van der Waals surface area contributed by atoms with E-state index in [2.05, 4.69) is 20.5 Å². The summed E-state index contributed by atoms with van der Waals surface area (Å²) in [6.45, 7) is 3.98. The fraction of sp³-hybridized carbons (Fsp3) is 0.333. The molecule has 1 aliphatic heterocycles. The predicted octanol–water partition coefficient (Wildman–Crippen LogP) is 1.73. The van der Waals surface area contributed by atoms with Gasteiger partial charge in [0.05, 0.1) is 18.3 Å². The maximum atomic E-state index is 11.9. The van der Waals surface area contributed by atoms with E-state index >= 15 is 0 Å². The third-order valence-corrected chi connectivity index (χ3v) is 4.29. The van der Waals surface area contributed by atoms with Crippen LogP contribution in [-0.2, 0) is 11.2 Å². The van der Waals surface area contributed by atoms with Gasteiger partial charge in [-0.05, 0) is 23.6 Å². The first-order valence-corrected chi connectivity index (χ1v) is 7.93. The molecule has 110 valence electrons. The van der Waals surface area contributed by atoms with Crippen molar-refractivity contribution in [3.05, 3.63) is 40.7 Å². The Bertz CT molecular complexity index is 576. The SMILES string of the molecule is O=C(Cc1cccs1)Nc1ccc(N2CCNCC2)cn1. The minimum atomic E-state index is -0.0279. The lowest BCUT2D eigenvalue weighted by molar-refractivity contribution is -0.115. The number of pyridine rings is 1. The van der Waals surface area contributed by atoms with Gasteiger partial charge in [-0.2, -0.15) is 0 Å². The van der Waals surface area contributed by atoms with E-state index in [4.69, 9.17) is 0 Å². The molecule has 1 aliphatic rings. The van der Waals surface area contributed by atoms with Crippen molar-refractivity contribution in [3.63, 3.8) is 0 Å². The van der Waals surface area contributed by atoms with Crippen LogP contribution in [0.25, 0.3) is 0 Å². The molecule has 2 N–H and O–H groups in total. The van der Waals surface area contributed by atoms with E-state index in [1.54, 1.807) is 11.3 Å². The summed E-state index contributed by atoms with van der Waals surface area (Å²) >= 11 is 1.59. The first-order valence-electron chi connectivity index (χ1n) is 7.05. The maximum absolute atomic E-state index is 11.9. The first-order chi connectivity index (χ1) is 10.3. The molecule has 0 atom stereocenters. The van der Waals surface area contributed by atoms with Crippen LogP contribution in [0.3, 0.4) is 0 Å². The van der Waals surface area contributed by atoms with E-state index in [-0.39, 0.29) is 5.91 Å². The summed E-state index contributed by atoms with van der Waals surface area (Å²) in [5, 5.41) is 8.14. The molecule has 21 heavy (non-hydrogen) atoms. The highest BCUT2D eigenvalue weighted by Crippen LogP contribution is 2.16. The van der Waals surface area contributed by atoms with Crippen molar-refractivity contribution in [2.24, 2.45) is 0 Å². The molecule has 0 aliphatic carbocycles. The number of hydrogen-bond donors (Lipinski definition) is 2. The normalized spacial score (nSPS) is 15.0. The largest absolute Gasteiger partial charge is 0.368 e. The Kier molecular flexibility index (Phi) is 4.47. The van der Waals surface area contributed by atoms with Crippen molar-refractivity contribution < 1.29 is 4.79 Å². The molecule has 2 aromatic heterocycles. The Balaban J connectivity index is 1.57. The number of thiophene rings is 1. The zero-order valence-corrected chi connectivity index (χ0v) is 12.5. The number of nitrogens with one attached hydrogen (secondary N) is 2. The molecular formula is C15H18N4OS. The maximum Gasteiger partial charge on any atom is 0.230 e. The number of rotatable bonds is 4. The number of aromatic nitrogens is 1. The van der Waals surface area contributed by atoms with Crippen molar-refractivity contribution in [3.8, 4) is 0 Å². The van der Waals surface area contributed by atoms with Gasteiger partial charge in [0.2, 0.25) is 5.91 Å². The molecular weight excluding hydrogens is 284 g/mol. The Hall–Kier alpha value is -1.92. The minimum absolute atomic E-state index is 0.0279. The van der Waals surface area contributed by atoms with E-state index < -0.39 is 0 Å². The number of nitrogens with zero attached hydrogens (tertiary/aromatic N) is 2. The van der Waals surface area contributed by atoms with Gasteiger partial charge < -0.3 is 15.5 Å². The van der Waals surface area contributed by atoms with Gasteiger partial charge in [0.25, 0.3) is 0 Å². The molecule has 0 spiro atoms. The summed E-state index contributed by atoms with van der Waals surface area (Å²) < 4.78 is 0. The monoisotopic (exact) mass is 302 g/mol. The van der Waals surface area contributed by atoms with E-state index in [1.807, 2.05) is 35.8 Å². The highest BCUT2D eigenvalue weighted by atomic mass is 32.1. The third-order valence-electron chi connectivity index (χ3n) is 3.41. The fourth-order valence-electron chi connectivity index (χ4n) is 2.33. The van der Waals surface area contributed by atoms with Crippen LogP contribution in [0.5, 0.6) is 0 Å². The summed E-state index contributed by atoms with van der Waals surface area (Å²) in [5.41, 5.74) is 1.10. The van der Waals surface area contributed by atoms with Crippen molar-refractivity contribution in [2.75, 3.05) is 36.4 Å². The summed E-state index contributed by atoms with van der Waals surface area (Å²) in [6.07, 6.45) is 2.23. The van der Waals surface area contributed by atoms with Gasteiger partial charge in [0.1, 0.15) is 5.82 Å². The second-order valence-corrected chi connectivity index (χ2v) is 5.98. The van der Waals surface area contributed by atoms with Crippen LogP contribution in [0, 0.1) is 0 Å². The fourth-order valence-corrected chi connectivity index (χ4v) is 3.03.